The van der Waals surface area contributed by atoms with Gasteiger partial charge in [-0.05, 0) is 45.8 Å². The summed E-state index contributed by atoms with van der Waals surface area (Å²) in [6, 6.07) is 11.2. The third-order valence-corrected chi connectivity index (χ3v) is 3.67. The van der Waals surface area contributed by atoms with Crippen molar-refractivity contribution < 1.29 is 9.84 Å². The molecule has 0 spiro atoms. The lowest BCUT2D eigenvalue weighted by atomic mass is 10.2. The first kappa shape index (κ1) is 14.4. The van der Waals surface area contributed by atoms with Crippen LogP contribution in [0.3, 0.4) is 0 Å². The van der Waals surface area contributed by atoms with Gasteiger partial charge in [-0.3, -0.25) is 0 Å². The number of hydrogen-bond donors (Lipinski definition) is 2. The van der Waals surface area contributed by atoms with Gasteiger partial charge in [0.05, 0.1) is 11.1 Å². The van der Waals surface area contributed by atoms with E-state index in [4.69, 9.17) is 10.5 Å². The summed E-state index contributed by atoms with van der Waals surface area (Å²) in [7, 11) is 0. The van der Waals surface area contributed by atoms with Gasteiger partial charge in [0.15, 0.2) is 0 Å². The number of nitrogen functional groups attached to an aromatic ring is 1. The third-order valence-electron chi connectivity index (χ3n) is 2.62. The van der Waals surface area contributed by atoms with Crippen molar-refractivity contribution in [3.8, 4) is 5.75 Å². The summed E-state index contributed by atoms with van der Waals surface area (Å²) in [5.74, 6) is 0.655. The molecule has 0 unspecified atom stereocenters. The molecule has 0 aromatic heterocycles. The second-order valence-electron chi connectivity index (χ2n) is 4.06. The van der Waals surface area contributed by atoms with Crippen LogP contribution in [-0.4, -0.2) is 5.11 Å². The summed E-state index contributed by atoms with van der Waals surface area (Å²) in [5.41, 5.74) is 8.11. The Bertz CT molecular complexity index is 570. The summed E-state index contributed by atoms with van der Waals surface area (Å²) in [6.07, 6.45) is 0. The normalized spacial score (nSPS) is 10.5. The van der Waals surface area contributed by atoms with Crippen LogP contribution in [0.1, 0.15) is 11.1 Å². The van der Waals surface area contributed by atoms with E-state index in [-0.39, 0.29) is 6.61 Å². The van der Waals surface area contributed by atoms with Crippen molar-refractivity contribution in [1.82, 2.24) is 0 Å². The average molecular weight is 387 g/mol. The van der Waals surface area contributed by atoms with E-state index in [9.17, 15) is 5.11 Å². The lowest BCUT2D eigenvalue weighted by Crippen LogP contribution is -2.00. The van der Waals surface area contributed by atoms with Gasteiger partial charge in [0.2, 0.25) is 0 Å². The van der Waals surface area contributed by atoms with Crippen LogP contribution in [0, 0.1) is 0 Å². The highest BCUT2D eigenvalue weighted by Gasteiger charge is 2.09. The molecule has 2 aromatic rings. The molecule has 0 amide bonds. The van der Waals surface area contributed by atoms with Crippen molar-refractivity contribution in [1.29, 1.82) is 0 Å². The second kappa shape index (κ2) is 6.41. The number of hydrogen-bond acceptors (Lipinski definition) is 3. The van der Waals surface area contributed by atoms with Gasteiger partial charge in [0.1, 0.15) is 12.4 Å². The number of anilines is 1. The predicted octanol–water partition coefficient (Wildman–Crippen LogP) is 3.87. The highest BCUT2D eigenvalue weighted by Crippen LogP contribution is 2.33. The molecule has 2 aromatic carbocycles. The Morgan fingerprint density at radius 3 is 2.42 bits per heavy atom. The fourth-order valence-electron chi connectivity index (χ4n) is 1.66. The van der Waals surface area contributed by atoms with E-state index in [2.05, 4.69) is 31.9 Å². The molecule has 0 saturated heterocycles. The van der Waals surface area contributed by atoms with Crippen molar-refractivity contribution in [2.45, 2.75) is 13.2 Å². The van der Waals surface area contributed by atoms with Crippen molar-refractivity contribution >= 4 is 37.5 Å². The topological polar surface area (TPSA) is 55.5 Å². The zero-order valence-electron chi connectivity index (χ0n) is 10.1. The van der Waals surface area contributed by atoms with Crippen molar-refractivity contribution in [3.63, 3.8) is 0 Å². The molecule has 3 N–H and O–H groups in total. The monoisotopic (exact) mass is 385 g/mol. The Labute approximate surface area is 128 Å². The zero-order valence-corrected chi connectivity index (χ0v) is 13.2. The summed E-state index contributed by atoms with van der Waals surface area (Å²) in [6.45, 7) is 0.350. The van der Waals surface area contributed by atoms with Gasteiger partial charge in [0.25, 0.3) is 0 Å². The highest BCUT2D eigenvalue weighted by molar-refractivity contribution is 9.11. The largest absolute Gasteiger partial charge is 0.487 e. The number of aliphatic hydroxyl groups excluding tert-OH is 1. The van der Waals surface area contributed by atoms with E-state index < -0.39 is 0 Å². The van der Waals surface area contributed by atoms with E-state index in [0.717, 1.165) is 25.8 Å². The fraction of sp³-hybridized carbons (Fsp3) is 0.143. The van der Waals surface area contributed by atoms with Crippen LogP contribution in [0.25, 0.3) is 0 Å². The summed E-state index contributed by atoms with van der Waals surface area (Å²) in [5, 5.41) is 9.36. The molecule has 0 bridgehead atoms. The fourth-order valence-corrected chi connectivity index (χ4v) is 3.09. The Balaban J connectivity index is 2.17. The van der Waals surface area contributed by atoms with Crippen LogP contribution in [0.15, 0.2) is 45.3 Å². The molecule has 100 valence electrons. The molecule has 0 atom stereocenters. The first-order valence-corrected chi connectivity index (χ1v) is 7.24. The van der Waals surface area contributed by atoms with Crippen LogP contribution in [0.4, 0.5) is 5.69 Å². The van der Waals surface area contributed by atoms with Gasteiger partial charge < -0.3 is 15.6 Å². The molecule has 3 nitrogen and oxygen atoms in total. The predicted molar refractivity (Wildman–Crippen MR) is 83.0 cm³/mol. The van der Waals surface area contributed by atoms with Crippen LogP contribution in [0.5, 0.6) is 5.75 Å². The summed E-state index contributed by atoms with van der Waals surface area (Å²) >= 11 is 6.82. The second-order valence-corrected chi connectivity index (χ2v) is 5.83. The molecule has 0 radical (unpaired) electrons. The molecule has 19 heavy (non-hydrogen) atoms. The van der Waals surface area contributed by atoms with Crippen LogP contribution in [0.2, 0.25) is 0 Å². The number of halogens is 2. The zero-order chi connectivity index (χ0) is 13.8. The van der Waals surface area contributed by atoms with Gasteiger partial charge in [0, 0.05) is 15.7 Å². The van der Waals surface area contributed by atoms with Gasteiger partial charge in [-0.2, -0.15) is 0 Å². The van der Waals surface area contributed by atoms with E-state index in [1.54, 1.807) is 0 Å². The quantitative estimate of drug-likeness (QED) is 0.784. The Kier molecular flexibility index (Phi) is 4.85. The molecule has 2 rings (SSSR count). The van der Waals surface area contributed by atoms with Crippen molar-refractivity contribution in [3.05, 3.63) is 56.5 Å². The molecule has 0 aliphatic heterocycles. The molecule has 0 aliphatic rings. The van der Waals surface area contributed by atoms with Crippen LogP contribution in [-0.2, 0) is 13.2 Å². The smallest absolute Gasteiger partial charge is 0.139 e. The third kappa shape index (κ3) is 3.72. The molecule has 0 heterocycles. The lowest BCUT2D eigenvalue weighted by Gasteiger charge is -2.13. The van der Waals surface area contributed by atoms with Crippen LogP contribution >= 0.6 is 31.9 Å². The highest BCUT2D eigenvalue weighted by atomic mass is 79.9. The number of ether oxygens (including phenoxy) is 1. The number of rotatable bonds is 4. The maximum absolute atomic E-state index is 9.36. The number of nitrogens with two attached hydrogens (primary N) is 1. The van der Waals surface area contributed by atoms with E-state index in [1.165, 1.54) is 0 Å². The SMILES string of the molecule is Nc1ccc(COc2c(Br)cc(Br)cc2CO)cc1. The maximum Gasteiger partial charge on any atom is 0.139 e. The molecule has 0 aliphatic carbocycles. The van der Waals surface area contributed by atoms with Gasteiger partial charge in [-0.15, -0.1) is 0 Å². The minimum absolute atomic E-state index is 0.0743. The summed E-state index contributed by atoms with van der Waals surface area (Å²) < 4.78 is 7.47. The molecular formula is C14H13Br2NO2. The molecule has 0 fully saturated rings. The summed E-state index contributed by atoms with van der Waals surface area (Å²) in [4.78, 5) is 0. The minimum Gasteiger partial charge on any atom is -0.487 e. The van der Waals surface area contributed by atoms with Crippen LogP contribution < -0.4 is 10.5 Å². The van der Waals surface area contributed by atoms with Crippen molar-refractivity contribution in [2.75, 3.05) is 5.73 Å². The van der Waals surface area contributed by atoms with Crippen molar-refractivity contribution in [2.24, 2.45) is 0 Å². The molecule has 0 saturated carbocycles. The maximum atomic E-state index is 9.36. The first-order chi connectivity index (χ1) is 9.10. The van der Waals surface area contributed by atoms with Gasteiger partial charge in [-0.1, -0.05) is 28.1 Å². The number of aliphatic hydroxyl groups is 1. The van der Waals surface area contributed by atoms with Gasteiger partial charge >= 0.3 is 0 Å². The standard InChI is InChI=1S/C14H13Br2NO2/c15-11-5-10(7-18)14(13(16)6-11)19-8-9-1-3-12(17)4-2-9/h1-6,18H,7-8,17H2. The Hall–Kier alpha value is -1.04. The number of benzene rings is 2. The molecule has 5 heteroatoms. The Morgan fingerprint density at radius 2 is 1.79 bits per heavy atom. The van der Waals surface area contributed by atoms with Gasteiger partial charge in [-0.25, -0.2) is 0 Å². The first-order valence-electron chi connectivity index (χ1n) is 5.66. The van der Waals surface area contributed by atoms with E-state index in [1.807, 2.05) is 36.4 Å². The average Bonchev–Trinajstić information content (AvgIpc) is 2.39. The minimum atomic E-state index is -0.0743. The Morgan fingerprint density at radius 1 is 1.11 bits per heavy atom. The van der Waals surface area contributed by atoms with E-state index in [0.29, 0.717) is 12.4 Å². The molecular weight excluding hydrogens is 374 g/mol. The lowest BCUT2D eigenvalue weighted by molar-refractivity contribution is 0.258. The van der Waals surface area contributed by atoms with E-state index >= 15 is 0 Å².